The van der Waals surface area contributed by atoms with E-state index in [9.17, 15) is 19.5 Å². The molecule has 0 aromatic heterocycles. The molecule has 1 spiro atoms. The fourth-order valence-electron chi connectivity index (χ4n) is 9.63. The average molecular weight is 640 g/mol. The van der Waals surface area contributed by atoms with E-state index >= 15 is 0 Å². The van der Waals surface area contributed by atoms with Gasteiger partial charge in [-0.05, 0) is 56.2 Å². The molecule has 2 saturated heterocycles. The van der Waals surface area contributed by atoms with E-state index < -0.39 is 46.5 Å². The normalized spacial score (nSPS) is 31.1. The average Bonchev–Trinajstić information content (AvgIpc) is 3.57. The summed E-state index contributed by atoms with van der Waals surface area (Å²) >= 11 is 0. The van der Waals surface area contributed by atoms with Crippen LogP contribution in [0.3, 0.4) is 0 Å². The smallest absolute Gasteiger partial charge is 0.253 e. The van der Waals surface area contributed by atoms with Gasteiger partial charge in [-0.15, -0.1) is 0 Å². The van der Waals surface area contributed by atoms with Crippen molar-refractivity contribution in [2.45, 2.75) is 56.4 Å². The highest BCUT2D eigenvalue weighted by Crippen LogP contribution is 2.77. The maximum Gasteiger partial charge on any atom is 0.253 e. The van der Waals surface area contributed by atoms with E-state index in [0.717, 1.165) is 5.56 Å². The molecule has 3 heterocycles. The molecule has 0 amide bonds. The first-order valence-electron chi connectivity index (χ1n) is 16.0. The quantitative estimate of drug-likeness (QED) is 0.261. The standard InChI is InChI=1S/C39H29NO8/c1-17-14-21-26(24(41)15-17)32(43)27-20(31(21)42)12-13-23-34(27)47-39-22-10-7-11-25(45-16-19-8-5-4-6-9-19)28(22)30(40)29-33(44)36-37(3,48-36)35(18(2)46-39)38(23,29)39/h4-15,18,35-36,41H,16,40H2,1-3H3/t18-,35+,36+,37-,38-,39+/m1/s1. The molecule has 6 atom stereocenters. The Hall–Kier alpha value is -5.25. The molecule has 0 bridgehead atoms. The van der Waals surface area contributed by atoms with Crippen molar-refractivity contribution in [3.05, 3.63) is 128 Å². The first kappa shape index (κ1) is 27.8. The molecule has 9 nitrogen and oxygen atoms in total. The van der Waals surface area contributed by atoms with Crippen LogP contribution < -0.4 is 15.2 Å². The van der Waals surface area contributed by atoms with Crippen molar-refractivity contribution in [3.8, 4) is 17.2 Å². The Balaban J connectivity index is 1.26. The highest BCUT2D eigenvalue weighted by Gasteiger charge is 2.87. The second-order valence-electron chi connectivity index (χ2n) is 13.8. The lowest BCUT2D eigenvalue weighted by molar-refractivity contribution is -0.189. The number of aryl methyl sites for hydroxylation is 1. The SMILES string of the molecule is Cc1cc(O)c2c(c1)C(=O)c1ccc3c(c1C2=O)O[C@@]12O[C@H](C)[C@H]4[C@@]5(C)O[C@H]5C(=O)C(=C(N)c5c(OCc6ccccc6)cccc51)[C@]342. The number of hydrogen-bond acceptors (Lipinski definition) is 9. The molecule has 3 aliphatic carbocycles. The number of phenolic OH excluding ortho intramolecular Hbond substituents is 1. The van der Waals surface area contributed by atoms with Gasteiger partial charge in [0, 0.05) is 39.3 Å². The van der Waals surface area contributed by atoms with Crippen molar-refractivity contribution in [2.75, 3.05) is 0 Å². The summed E-state index contributed by atoms with van der Waals surface area (Å²) in [5, 5.41) is 10.9. The lowest BCUT2D eigenvalue weighted by Crippen LogP contribution is -2.61. The molecule has 0 unspecified atom stereocenters. The third-order valence-electron chi connectivity index (χ3n) is 11.3. The van der Waals surface area contributed by atoms with Crippen molar-refractivity contribution in [2.24, 2.45) is 11.7 Å². The minimum absolute atomic E-state index is 0.0246. The van der Waals surface area contributed by atoms with Gasteiger partial charge in [-0.3, -0.25) is 14.4 Å². The molecule has 48 heavy (non-hydrogen) atoms. The van der Waals surface area contributed by atoms with Crippen LogP contribution >= 0.6 is 0 Å². The maximum absolute atomic E-state index is 14.6. The largest absolute Gasteiger partial charge is 0.507 e. The van der Waals surface area contributed by atoms with Gasteiger partial charge in [0.25, 0.3) is 5.79 Å². The van der Waals surface area contributed by atoms with E-state index in [1.807, 2.05) is 56.3 Å². The zero-order valence-electron chi connectivity index (χ0n) is 26.2. The van der Waals surface area contributed by atoms with E-state index in [-0.39, 0.29) is 51.8 Å². The van der Waals surface area contributed by atoms with Gasteiger partial charge in [0.15, 0.2) is 17.7 Å². The van der Waals surface area contributed by atoms with Gasteiger partial charge in [-0.2, -0.15) is 0 Å². The van der Waals surface area contributed by atoms with Crippen molar-refractivity contribution in [1.82, 2.24) is 0 Å². The summed E-state index contributed by atoms with van der Waals surface area (Å²) in [7, 11) is 0. The van der Waals surface area contributed by atoms with E-state index in [0.29, 0.717) is 33.6 Å². The lowest BCUT2D eigenvalue weighted by atomic mass is 9.50. The fraction of sp³-hybridized carbons (Fsp3) is 0.256. The van der Waals surface area contributed by atoms with Gasteiger partial charge in [0.1, 0.15) is 34.9 Å². The van der Waals surface area contributed by atoms with Crippen LogP contribution in [-0.4, -0.2) is 40.3 Å². The van der Waals surface area contributed by atoms with Crippen LogP contribution in [0.5, 0.6) is 17.2 Å². The number of nitrogens with two attached hydrogens (primary N) is 1. The van der Waals surface area contributed by atoms with Gasteiger partial charge >= 0.3 is 0 Å². The van der Waals surface area contributed by atoms with Gasteiger partial charge in [-0.25, -0.2) is 0 Å². The summed E-state index contributed by atoms with van der Waals surface area (Å²) in [5.41, 5.74) is 8.85. The predicted octanol–water partition coefficient (Wildman–Crippen LogP) is 5.00. The molecule has 4 aromatic rings. The summed E-state index contributed by atoms with van der Waals surface area (Å²) in [6.07, 6.45) is -1.19. The first-order valence-corrected chi connectivity index (χ1v) is 16.0. The van der Waals surface area contributed by atoms with Crippen molar-refractivity contribution in [1.29, 1.82) is 0 Å². The number of epoxide rings is 1. The maximum atomic E-state index is 14.6. The first-order chi connectivity index (χ1) is 23.0. The molecular formula is C39H29NO8. The van der Waals surface area contributed by atoms with Crippen LogP contribution in [0.2, 0.25) is 0 Å². The second kappa shape index (κ2) is 8.61. The van der Waals surface area contributed by atoms with Crippen LogP contribution in [0.4, 0.5) is 0 Å². The van der Waals surface area contributed by atoms with Crippen molar-refractivity contribution >= 4 is 23.0 Å². The van der Waals surface area contributed by atoms with Crippen LogP contribution in [0.1, 0.15) is 73.5 Å². The molecule has 6 aliphatic rings. The minimum atomic E-state index is -1.65. The Labute approximate surface area is 274 Å². The Morgan fingerprint density at radius 3 is 2.46 bits per heavy atom. The van der Waals surface area contributed by atoms with E-state index in [4.69, 9.17) is 24.7 Å². The highest BCUT2D eigenvalue weighted by atomic mass is 16.7. The number of aromatic hydroxyl groups is 1. The topological polar surface area (TPSA) is 138 Å². The lowest BCUT2D eigenvalue weighted by Gasteiger charge is -2.48. The van der Waals surface area contributed by atoms with Gasteiger partial charge in [-0.1, -0.05) is 48.5 Å². The van der Waals surface area contributed by atoms with Crippen molar-refractivity contribution < 1.29 is 38.4 Å². The Kier molecular flexibility index (Phi) is 4.99. The molecule has 10 rings (SSSR count). The zero-order chi connectivity index (χ0) is 33.1. The summed E-state index contributed by atoms with van der Waals surface area (Å²) in [6, 6.07) is 21.6. The van der Waals surface area contributed by atoms with E-state index in [2.05, 4.69) is 0 Å². The number of ketones is 3. The zero-order valence-corrected chi connectivity index (χ0v) is 26.2. The number of carbonyl (C=O) groups excluding carboxylic acids is 3. The van der Waals surface area contributed by atoms with Crippen LogP contribution in [0.15, 0.2) is 78.4 Å². The minimum Gasteiger partial charge on any atom is -0.507 e. The van der Waals surface area contributed by atoms with Crippen LogP contribution in [0, 0.1) is 12.8 Å². The second-order valence-corrected chi connectivity index (χ2v) is 13.8. The fourth-order valence-corrected chi connectivity index (χ4v) is 9.63. The number of carbonyl (C=O) groups is 3. The van der Waals surface area contributed by atoms with E-state index in [1.165, 1.54) is 6.07 Å². The Morgan fingerprint density at radius 2 is 1.67 bits per heavy atom. The Bertz CT molecular complexity index is 2280. The number of benzene rings is 4. The molecule has 238 valence electrons. The number of fused-ring (bicyclic) bond motifs is 7. The van der Waals surface area contributed by atoms with Crippen LogP contribution in [-0.2, 0) is 32.1 Å². The predicted molar refractivity (Wildman–Crippen MR) is 171 cm³/mol. The molecular weight excluding hydrogens is 610 g/mol. The molecule has 4 aromatic carbocycles. The molecule has 9 heteroatoms. The summed E-state index contributed by atoms with van der Waals surface area (Å²) in [4.78, 5) is 42.9. The number of ether oxygens (including phenoxy) is 4. The van der Waals surface area contributed by atoms with Gasteiger partial charge < -0.3 is 29.8 Å². The van der Waals surface area contributed by atoms with Gasteiger partial charge in [0.05, 0.1) is 22.9 Å². The molecule has 3 fully saturated rings. The third-order valence-corrected chi connectivity index (χ3v) is 11.3. The monoisotopic (exact) mass is 639 g/mol. The summed E-state index contributed by atoms with van der Waals surface area (Å²) in [5.74, 6) is -3.01. The number of rotatable bonds is 3. The molecule has 1 saturated carbocycles. The summed E-state index contributed by atoms with van der Waals surface area (Å²) < 4.78 is 26.6. The number of phenols is 1. The highest BCUT2D eigenvalue weighted by molar-refractivity contribution is 6.30. The molecule has 3 aliphatic heterocycles. The van der Waals surface area contributed by atoms with Crippen molar-refractivity contribution in [3.63, 3.8) is 0 Å². The van der Waals surface area contributed by atoms with Gasteiger partial charge in [0.2, 0.25) is 5.78 Å². The third kappa shape index (κ3) is 2.91. The van der Waals surface area contributed by atoms with E-state index in [1.54, 1.807) is 31.2 Å². The summed E-state index contributed by atoms with van der Waals surface area (Å²) in [6.45, 7) is 5.85. The number of hydrogen-bond donors (Lipinski definition) is 2. The Morgan fingerprint density at radius 1 is 0.875 bits per heavy atom. The molecule has 3 N–H and O–H groups in total. The molecule has 0 radical (unpaired) electrons. The number of Topliss-reactive ketones (excluding diaryl/α,β-unsaturated/α-hetero) is 1. The van der Waals surface area contributed by atoms with Crippen LogP contribution in [0.25, 0.3) is 5.70 Å².